The number of halogens is 4. The van der Waals surface area contributed by atoms with Crippen LogP contribution in [0.1, 0.15) is 16.2 Å². The molecule has 6 nitrogen and oxygen atoms in total. The molecule has 0 aliphatic heterocycles. The first kappa shape index (κ1) is 24.4. The second-order valence-electron chi connectivity index (χ2n) is 7.09. The molecule has 1 amide bonds. The third kappa shape index (κ3) is 6.18. The van der Waals surface area contributed by atoms with Gasteiger partial charge in [-0.1, -0.05) is 36.4 Å². The van der Waals surface area contributed by atoms with Crippen LogP contribution in [-0.2, 0) is 11.2 Å². The third-order valence-corrected chi connectivity index (χ3v) is 4.72. The molecule has 10 heteroatoms. The summed E-state index contributed by atoms with van der Waals surface area (Å²) in [6.07, 6.45) is -2.59. The zero-order valence-electron chi connectivity index (χ0n) is 17.6. The number of fused-ring (bicyclic) bond motifs is 1. The molecule has 0 radical (unpaired) electrons. The minimum absolute atomic E-state index is 0.180. The topological polar surface area (TPSA) is 89.1 Å². The number of carboxylic acids is 1. The van der Waals surface area contributed by atoms with Gasteiger partial charge in [-0.2, -0.15) is 17.6 Å². The summed E-state index contributed by atoms with van der Waals surface area (Å²) in [6, 6.07) is 22.0. The average Bonchev–Trinajstić information content (AvgIpc) is 3.20. The van der Waals surface area contributed by atoms with Crippen LogP contribution >= 0.6 is 0 Å². The van der Waals surface area contributed by atoms with Crippen LogP contribution in [0, 0.1) is 5.82 Å². The summed E-state index contributed by atoms with van der Waals surface area (Å²) in [4.78, 5) is 24.7. The molecule has 0 bridgehead atoms. The van der Waals surface area contributed by atoms with Crippen molar-refractivity contribution < 1.29 is 36.7 Å². The summed E-state index contributed by atoms with van der Waals surface area (Å²) < 4.78 is 46.6. The number of nitrogens with zero attached hydrogens (tertiary/aromatic N) is 1. The molecular formula is C24H19F4N3O3. The van der Waals surface area contributed by atoms with Gasteiger partial charge >= 0.3 is 17.9 Å². The number of carbonyl (C=O) groups excluding carboxylic acids is 2. The predicted octanol–water partition coefficient (Wildman–Crippen LogP) is 2.83. The normalized spacial score (nSPS) is 10.9. The summed E-state index contributed by atoms with van der Waals surface area (Å²) in [5.74, 6) is -3.04. The first-order valence-corrected chi connectivity index (χ1v) is 10.1. The Morgan fingerprint density at radius 3 is 2.18 bits per heavy atom. The highest BCUT2D eigenvalue weighted by molar-refractivity contribution is 5.91. The van der Waals surface area contributed by atoms with Crippen molar-refractivity contribution in [2.75, 3.05) is 6.54 Å². The van der Waals surface area contributed by atoms with Crippen molar-refractivity contribution in [1.29, 1.82) is 0 Å². The van der Waals surface area contributed by atoms with Crippen LogP contribution in [0.25, 0.3) is 16.8 Å². The van der Waals surface area contributed by atoms with Gasteiger partial charge in [0.1, 0.15) is 11.8 Å². The predicted molar refractivity (Wildman–Crippen MR) is 113 cm³/mol. The van der Waals surface area contributed by atoms with Crippen molar-refractivity contribution in [2.45, 2.75) is 12.6 Å². The molecule has 0 unspecified atom stereocenters. The summed E-state index contributed by atoms with van der Waals surface area (Å²) in [5.41, 5.74) is 3.64. The number of aromatic nitrogens is 2. The lowest BCUT2D eigenvalue weighted by Gasteiger charge is -2.03. The number of pyridine rings is 1. The molecule has 4 rings (SSSR count). The van der Waals surface area contributed by atoms with E-state index in [0.29, 0.717) is 12.4 Å². The van der Waals surface area contributed by atoms with E-state index >= 15 is 0 Å². The fourth-order valence-electron chi connectivity index (χ4n) is 3.14. The summed E-state index contributed by atoms with van der Waals surface area (Å²) >= 11 is 0. The Morgan fingerprint density at radius 2 is 1.56 bits per heavy atom. The van der Waals surface area contributed by atoms with Crippen molar-refractivity contribution in [3.8, 4) is 11.3 Å². The van der Waals surface area contributed by atoms with Gasteiger partial charge in [0.15, 0.2) is 11.2 Å². The Labute approximate surface area is 191 Å². The fourth-order valence-corrected chi connectivity index (χ4v) is 3.14. The van der Waals surface area contributed by atoms with Crippen LogP contribution in [0.5, 0.6) is 0 Å². The lowest BCUT2D eigenvalue weighted by atomic mass is 10.1. The number of nitrogens with one attached hydrogen (secondary N) is 2. The number of aliphatic carboxylic acids is 1. The molecule has 0 aliphatic carbocycles. The van der Waals surface area contributed by atoms with E-state index in [1.54, 1.807) is 12.1 Å². The van der Waals surface area contributed by atoms with Crippen LogP contribution in [0.4, 0.5) is 17.6 Å². The smallest absolute Gasteiger partial charge is 0.430 e. The van der Waals surface area contributed by atoms with E-state index in [1.165, 1.54) is 17.7 Å². The minimum atomic E-state index is -5.19. The largest absolute Gasteiger partial charge is 0.542 e. The zero-order valence-corrected chi connectivity index (χ0v) is 17.6. The molecular weight excluding hydrogens is 454 g/mol. The van der Waals surface area contributed by atoms with Gasteiger partial charge in [-0.3, -0.25) is 4.79 Å². The second-order valence-corrected chi connectivity index (χ2v) is 7.09. The number of H-pyrrole nitrogens is 1. The summed E-state index contributed by atoms with van der Waals surface area (Å²) in [6.45, 7) is 0.544. The highest BCUT2D eigenvalue weighted by Gasteiger charge is 2.29. The molecule has 2 aromatic heterocycles. The Balaban J connectivity index is 0.000000406. The number of imidazole rings is 1. The number of alkyl halides is 3. The van der Waals surface area contributed by atoms with Crippen molar-refractivity contribution in [1.82, 2.24) is 10.3 Å². The Kier molecular flexibility index (Phi) is 7.62. The number of hydrogen-bond donors (Lipinski definition) is 2. The molecule has 2 heterocycles. The maximum atomic E-state index is 13.2. The number of carboxylic acid groups (broad SMARTS) is 1. The van der Waals surface area contributed by atoms with E-state index in [0.717, 1.165) is 23.2 Å². The number of hydrogen-bond acceptors (Lipinski definition) is 3. The lowest BCUT2D eigenvalue weighted by Crippen LogP contribution is -2.37. The van der Waals surface area contributed by atoms with Crippen LogP contribution in [0.15, 0.2) is 79.0 Å². The van der Waals surface area contributed by atoms with Crippen molar-refractivity contribution in [2.24, 2.45) is 0 Å². The third-order valence-electron chi connectivity index (χ3n) is 4.72. The maximum Gasteiger partial charge on any atom is 0.430 e. The molecule has 2 aromatic carbocycles. The highest BCUT2D eigenvalue weighted by atomic mass is 19.4. The van der Waals surface area contributed by atoms with Crippen LogP contribution in [-0.4, -0.2) is 29.6 Å². The van der Waals surface area contributed by atoms with Crippen molar-refractivity contribution in [3.05, 3.63) is 96.2 Å². The Morgan fingerprint density at radius 1 is 0.941 bits per heavy atom. The number of carbonyl (C=O) groups is 2. The van der Waals surface area contributed by atoms with Gasteiger partial charge in [0.25, 0.3) is 0 Å². The van der Waals surface area contributed by atoms with E-state index in [-0.39, 0.29) is 11.7 Å². The molecule has 2 N–H and O–H groups in total. The van der Waals surface area contributed by atoms with E-state index in [2.05, 4.69) is 10.3 Å². The van der Waals surface area contributed by atoms with Gasteiger partial charge in [-0.05, 0) is 48.4 Å². The number of rotatable bonds is 5. The molecule has 0 saturated heterocycles. The monoisotopic (exact) mass is 473 g/mol. The van der Waals surface area contributed by atoms with E-state index < -0.39 is 12.1 Å². The molecule has 34 heavy (non-hydrogen) atoms. The molecule has 0 atom stereocenters. The lowest BCUT2D eigenvalue weighted by molar-refractivity contribution is -0.513. The van der Waals surface area contributed by atoms with E-state index in [1.807, 2.05) is 59.1 Å². The number of benzene rings is 2. The molecule has 0 aliphatic rings. The second kappa shape index (κ2) is 10.6. The minimum Gasteiger partial charge on any atom is -0.542 e. The standard InChI is InChI=1S/C22H18FN3O.C2HF3O2/c23-18-11-9-17(10-12-18)20-19-8-4-5-15-26(19)21(25-20)22(27)24-14-13-16-6-2-1-3-7-16;3-2(4,5)1(6)7/h1-12,15H,13-14H2,(H,24,27);(H,6,7). The highest BCUT2D eigenvalue weighted by Crippen LogP contribution is 2.22. The number of amides is 1. The van der Waals surface area contributed by atoms with Gasteiger partial charge in [0.2, 0.25) is 0 Å². The summed E-state index contributed by atoms with van der Waals surface area (Å²) in [5, 5.41) is 11.7. The fraction of sp³-hybridized carbons (Fsp3) is 0.125. The van der Waals surface area contributed by atoms with Gasteiger partial charge in [0, 0.05) is 12.1 Å². The molecule has 0 spiro atoms. The average molecular weight is 473 g/mol. The van der Waals surface area contributed by atoms with E-state index in [9.17, 15) is 22.4 Å². The Bertz CT molecular complexity index is 1270. The quantitative estimate of drug-likeness (QED) is 0.345. The molecule has 0 fully saturated rings. The van der Waals surface area contributed by atoms with Gasteiger partial charge < -0.3 is 15.2 Å². The van der Waals surface area contributed by atoms with Gasteiger partial charge in [-0.25, -0.2) is 9.37 Å². The van der Waals surface area contributed by atoms with Crippen LogP contribution in [0.3, 0.4) is 0 Å². The van der Waals surface area contributed by atoms with Crippen LogP contribution in [0.2, 0.25) is 0 Å². The van der Waals surface area contributed by atoms with Gasteiger partial charge in [-0.15, -0.1) is 0 Å². The zero-order chi connectivity index (χ0) is 24.7. The first-order valence-electron chi connectivity index (χ1n) is 10.1. The van der Waals surface area contributed by atoms with Crippen molar-refractivity contribution in [3.63, 3.8) is 0 Å². The summed E-state index contributed by atoms with van der Waals surface area (Å²) in [7, 11) is 0. The SMILES string of the molecule is O=C(NCCc1ccccc1)c1[nH]c(-c2ccc(F)cc2)c2cccc[n+]12.O=C([O-])C(F)(F)F. The van der Waals surface area contributed by atoms with Gasteiger partial charge in [0.05, 0.1) is 6.20 Å². The molecule has 4 aromatic rings. The van der Waals surface area contributed by atoms with Crippen molar-refractivity contribution >= 4 is 17.4 Å². The van der Waals surface area contributed by atoms with Crippen LogP contribution < -0.4 is 14.8 Å². The maximum absolute atomic E-state index is 13.2. The molecule has 0 saturated carbocycles. The molecule has 176 valence electrons. The van der Waals surface area contributed by atoms with E-state index in [4.69, 9.17) is 9.90 Å². The number of aromatic amines is 1. The Hall–Kier alpha value is -4.21. The first-order chi connectivity index (χ1) is 16.2.